The van der Waals surface area contributed by atoms with E-state index in [-0.39, 0.29) is 10.6 Å². The number of diazo groups is 1. The van der Waals surface area contributed by atoms with Crippen LogP contribution in [0.25, 0.3) is 4.98 Å². The number of anilines is 3. The van der Waals surface area contributed by atoms with Crippen molar-refractivity contribution < 1.29 is 8.42 Å². The van der Waals surface area contributed by atoms with Crippen LogP contribution >= 0.6 is 0 Å². The molecule has 6 nitrogen and oxygen atoms in total. The van der Waals surface area contributed by atoms with E-state index in [1.165, 1.54) is 12.1 Å². The maximum atomic E-state index is 12.8. The minimum Gasteiger partial charge on any atom is -0.354 e. The molecule has 0 spiro atoms. The fourth-order valence-electron chi connectivity index (χ4n) is 2.29. The van der Waals surface area contributed by atoms with Gasteiger partial charge in [0.25, 0.3) is 10.0 Å². The lowest BCUT2D eigenvalue weighted by Gasteiger charge is -2.13. The average molecular weight is 351 g/mol. The highest BCUT2D eigenvalue weighted by Crippen LogP contribution is 2.30. The lowest BCUT2D eigenvalue weighted by atomic mass is 10.2. The molecule has 0 atom stereocenters. The molecule has 0 aliphatic rings. The SMILES string of the molecule is N#[N+]c1ccc(Nc2ccccc2)c(S(=O)(=O)Nc2ccccc2)c1. The van der Waals surface area contributed by atoms with Crippen molar-refractivity contribution in [1.82, 2.24) is 0 Å². The summed E-state index contributed by atoms with van der Waals surface area (Å²) < 4.78 is 28.1. The summed E-state index contributed by atoms with van der Waals surface area (Å²) >= 11 is 0. The van der Waals surface area contributed by atoms with Crippen LogP contribution in [0.15, 0.2) is 83.8 Å². The molecule has 3 aromatic rings. The van der Waals surface area contributed by atoms with E-state index in [4.69, 9.17) is 5.39 Å². The lowest BCUT2D eigenvalue weighted by molar-refractivity contribution is 0.601. The Morgan fingerprint density at radius 3 is 2.00 bits per heavy atom. The molecule has 0 unspecified atom stereocenters. The van der Waals surface area contributed by atoms with Crippen LogP contribution in [0.2, 0.25) is 0 Å². The van der Waals surface area contributed by atoms with E-state index in [1.54, 1.807) is 36.4 Å². The van der Waals surface area contributed by atoms with E-state index in [0.29, 0.717) is 11.4 Å². The third kappa shape index (κ3) is 3.94. The standard InChI is InChI=1S/C18H15N4O2S/c19-21-16-11-12-17(20-14-7-3-1-4-8-14)18(13-16)25(23,24)22-15-9-5-2-6-10-15/h1-13,20,22H/q+1. The Hall–Kier alpha value is -3.37. The first kappa shape index (κ1) is 16.5. The zero-order valence-corrected chi connectivity index (χ0v) is 13.9. The topological polar surface area (TPSA) is 86.3 Å². The van der Waals surface area contributed by atoms with Gasteiger partial charge in [0.2, 0.25) is 5.39 Å². The van der Waals surface area contributed by atoms with Crippen molar-refractivity contribution in [2.75, 3.05) is 10.0 Å². The van der Waals surface area contributed by atoms with Gasteiger partial charge in [-0.1, -0.05) is 36.4 Å². The molecule has 0 aromatic heterocycles. The second-order valence-electron chi connectivity index (χ2n) is 5.24. The monoisotopic (exact) mass is 351 g/mol. The largest absolute Gasteiger partial charge is 0.386 e. The van der Waals surface area contributed by atoms with E-state index in [0.717, 1.165) is 5.69 Å². The van der Waals surface area contributed by atoms with Gasteiger partial charge in [-0.25, -0.2) is 8.42 Å². The first-order valence-electron chi connectivity index (χ1n) is 7.47. The molecule has 0 heterocycles. The fraction of sp³-hybridized carbons (Fsp3) is 0. The summed E-state index contributed by atoms with van der Waals surface area (Å²) in [6, 6.07) is 22.2. The Morgan fingerprint density at radius 1 is 0.800 bits per heavy atom. The van der Waals surface area contributed by atoms with Crippen molar-refractivity contribution in [3.05, 3.63) is 83.8 Å². The number of sulfonamides is 1. The predicted molar refractivity (Wildman–Crippen MR) is 98.2 cm³/mol. The molecular formula is C18H15N4O2S+. The quantitative estimate of drug-likeness (QED) is 0.651. The number of nitrogens with zero attached hydrogens (tertiary/aromatic N) is 2. The van der Waals surface area contributed by atoms with Crippen LogP contribution in [0, 0.1) is 5.39 Å². The lowest BCUT2D eigenvalue weighted by Crippen LogP contribution is -2.14. The average Bonchev–Trinajstić information content (AvgIpc) is 2.63. The molecule has 0 aliphatic carbocycles. The molecule has 0 radical (unpaired) electrons. The van der Waals surface area contributed by atoms with Gasteiger partial charge in [-0.3, -0.25) is 4.72 Å². The summed E-state index contributed by atoms with van der Waals surface area (Å²) in [5.74, 6) is 0. The number of benzene rings is 3. The van der Waals surface area contributed by atoms with Crippen molar-refractivity contribution in [3.63, 3.8) is 0 Å². The molecule has 0 saturated heterocycles. The summed E-state index contributed by atoms with van der Waals surface area (Å²) in [6.45, 7) is 0. The smallest absolute Gasteiger partial charge is 0.354 e. The van der Waals surface area contributed by atoms with Gasteiger partial charge in [-0.05, 0) is 30.3 Å². The molecule has 0 bridgehead atoms. The number of nitrogens with one attached hydrogen (secondary N) is 2. The molecule has 3 aromatic carbocycles. The highest BCUT2D eigenvalue weighted by molar-refractivity contribution is 7.92. The highest BCUT2D eigenvalue weighted by atomic mass is 32.2. The summed E-state index contributed by atoms with van der Waals surface area (Å²) in [4.78, 5) is 3.06. The Morgan fingerprint density at radius 2 is 1.40 bits per heavy atom. The van der Waals surface area contributed by atoms with E-state index >= 15 is 0 Å². The third-order valence-corrected chi connectivity index (χ3v) is 4.87. The minimum atomic E-state index is -3.88. The van der Waals surface area contributed by atoms with Crippen LogP contribution in [0.5, 0.6) is 0 Å². The van der Waals surface area contributed by atoms with Crippen molar-refractivity contribution in [2.24, 2.45) is 0 Å². The van der Waals surface area contributed by atoms with E-state index in [9.17, 15) is 8.42 Å². The van der Waals surface area contributed by atoms with Gasteiger partial charge in [-0.2, -0.15) is 0 Å². The Kier molecular flexibility index (Phi) is 4.64. The van der Waals surface area contributed by atoms with Crippen LogP contribution in [0.1, 0.15) is 0 Å². The van der Waals surface area contributed by atoms with Gasteiger partial charge in [-0.15, -0.1) is 0 Å². The molecule has 0 amide bonds. The molecule has 0 aliphatic heterocycles. The zero-order valence-electron chi connectivity index (χ0n) is 13.1. The Bertz CT molecular complexity index is 1010. The second kappa shape index (κ2) is 7.03. The van der Waals surface area contributed by atoms with Gasteiger partial charge in [0.1, 0.15) is 4.90 Å². The van der Waals surface area contributed by atoms with Gasteiger partial charge in [0.05, 0.1) is 11.8 Å². The maximum absolute atomic E-state index is 12.8. The third-order valence-electron chi connectivity index (χ3n) is 3.45. The number of para-hydroxylation sites is 2. The van der Waals surface area contributed by atoms with Crippen LogP contribution in [-0.4, -0.2) is 8.42 Å². The van der Waals surface area contributed by atoms with Gasteiger partial charge in [0.15, 0.2) is 4.98 Å². The van der Waals surface area contributed by atoms with Gasteiger partial charge < -0.3 is 5.32 Å². The van der Waals surface area contributed by atoms with Crippen molar-refractivity contribution in [3.8, 4) is 0 Å². The van der Waals surface area contributed by atoms with Crippen LogP contribution < -0.4 is 10.0 Å². The summed E-state index contributed by atoms with van der Waals surface area (Å²) in [6.07, 6.45) is 0. The van der Waals surface area contributed by atoms with Gasteiger partial charge >= 0.3 is 5.69 Å². The van der Waals surface area contributed by atoms with E-state index in [2.05, 4.69) is 15.0 Å². The summed E-state index contributed by atoms with van der Waals surface area (Å²) in [5, 5.41) is 12.1. The Labute approximate surface area is 145 Å². The van der Waals surface area contributed by atoms with Gasteiger partial charge in [0, 0.05) is 17.4 Å². The van der Waals surface area contributed by atoms with E-state index < -0.39 is 10.0 Å². The van der Waals surface area contributed by atoms with Crippen LogP contribution in [-0.2, 0) is 10.0 Å². The highest BCUT2D eigenvalue weighted by Gasteiger charge is 2.23. The normalized spacial score (nSPS) is 10.7. The summed E-state index contributed by atoms with van der Waals surface area (Å²) in [7, 11) is -3.88. The summed E-state index contributed by atoms with van der Waals surface area (Å²) in [5.41, 5.74) is 1.71. The molecule has 7 heteroatoms. The Balaban J connectivity index is 2.02. The van der Waals surface area contributed by atoms with Crippen molar-refractivity contribution in [1.29, 1.82) is 5.39 Å². The molecule has 0 fully saturated rings. The molecule has 2 N–H and O–H groups in total. The van der Waals surface area contributed by atoms with Crippen LogP contribution in [0.3, 0.4) is 0 Å². The molecule has 25 heavy (non-hydrogen) atoms. The molecule has 124 valence electrons. The number of rotatable bonds is 5. The zero-order chi connectivity index (χ0) is 17.7. The van der Waals surface area contributed by atoms with E-state index in [1.807, 2.05) is 30.3 Å². The van der Waals surface area contributed by atoms with Crippen molar-refractivity contribution >= 4 is 32.8 Å². The fourth-order valence-corrected chi connectivity index (χ4v) is 3.53. The molecular weight excluding hydrogens is 336 g/mol. The number of hydrogen-bond acceptors (Lipinski definition) is 4. The first-order valence-corrected chi connectivity index (χ1v) is 8.96. The van der Waals surface area contributed by atoms with Crippen molar-refractivity contribution in [2.45, 2.75) is 4.90 Å². The maximum Gasteiger partial charge on any atom is 0.386 e. The predicted octanol–water partition coefficient (Wildman–Crippen LogP) is 4.72. The molecule has 0 saturated carbocycles. The molecule has 3 rings (SSSR count). The first-order chi connectivity index (χ1) is 12.1. The number of hydrogen-bond donors (Lipinski definition) is 2. The second-order valence-corrected chi connectivity index (χ2v) is 6.89. The van der Waals surface area contributed by atoms with Crippen LogP contribution in [0.4, 0.5) is 22.7 Å². The minimum absolute atomic E-state index is 0.0180.